The summed E-state index contributed by atoms with van der Waals surface area (Å²) in [5.74, 6) is -2.24. The summed E-state index contributed by atoms with van der Waals surface area (Å²) >= 11 is 1.21. The second-order valence-corrected chi connectivity index (χ2v) is 8.70. The van der Waals surface area contributed by atoms with Crippen molar-refractivity contribution in [3.8, 4) is 11.1 Å². The number of sulfonamides is 1. The standard InChI is InChI=1S/C20H18N2O6S2/c23-11-18(20(25)26)21-19(24)16-7-6-14(13-4-2-1-3-5-13)10-17(16)22-30(27,28)15-8-9-29-12-15/h1-10,12,18,22-23H,11H2,(H,21,24)(H,25,26). The van der Waals surface area contributed by atoms with Crippen LogP contribution in [0, 0.1) is 0 Å². The Morgan fingerprint density at radius 1 is 1.03 bits per heavy atom. The number of nitrogens with one attached hydrogen (secondary N) is 2. The number of anilines is 1. The van der Waals surface area contributed by atoms with E-state index in [-0.39, 0.29) is 16.1 Å². The Balaban J connectivity index is 2.03. The zero-order valence-corrected chi connectivity index (χ0v) is 17.1. The number of rotatable bonds is 8. The third-order valence-corrected chi connectivity index (χ3v) is 6.40. The van der Waals surface area contributed by atoms with Crippen molar-refractivity contribution < 1.29 is 28.2 Å². The van der Waals surface area contributed by atoms with Crippen LogP contribution in [0.25, 0.3) is 11.1 Å². The highest BCUT2D eigenvalue weighted by molar-refractivity contribution is 7.92. The van der Waals surface area contributed by atoms with Crippen molar-refractivity contribution >= 4 is 38.9 Å². The van der Waals surface area contributed by atoms with Crippen molar-refractivity contribution in [1.29, 1.82) is 0 Å². The van der Waals surface area contributed by atoms with Gasteiger partial charge in [-0.15, -0.1) is 0 Å². The van der Waals surface area contributed by atoms with E-state index in [9.17, 15) is 18.0 Å². The topological polar surface area (TPSA) is 133 Å². The van der Waals surface area contributed by atoms with Crippen LogP contribution in [-0.2, 0) is 14.8 Å². The molecule has 3 rings (SSSR count). The fourth-order valence-electron chi connectivity index (χ4n) is 2.67. The van der Waals surface area contributed by atoms with Gasteiger partial charge in [0.2, 0.25) is 0 Å². The molecule has 1 amide bonds. The van der Waals surface area contributed by atoms with Crippen LogP contribution in [0.3, 0.4) is 0 Å². The summed E-state index contributed by atoms with van der Waals surface area (Å²) in [6.45, 7) is -0.806. The molecule has 1 heterocycles. The SMILES string of the molecule is O=C(NC(CO)C(=O)O)c1ccc(-c2ccccc2)cc1NS(=O)(=O)c1ccsc1. The van der Waals surface area contributed by atoms with Gasteiger partial charge < -0.3 is 15.5 Å². The highest BCUT2D eigenvalue weighted by atomic mass is 32.2. The lowest BCUT2D eigenvalue weighted by Gasteiger charge is -2.16. The minimum absolute atomic E-state index is 0.0119. The Morgan fingerprint density at radius 2 is 1.77 bits per heavy atom. The number of hydrogen-bond acceptors (Lipinski definition) is 6. The van der Waals surface area contributed by atoms with Gasteiger partial charge in [-0.1, -0.05) is 36.4 Å². The first-order chi connectivity index (χ1) is 14.3. The maximum atomic E-state index is 12.7. The molecule has 0 saturated carbocycles. The minimum atomic E-state index is -3.96. The molecule has 0 fully saturated rings. The van der Waals surface area contributed by atoms with E-state index in [1.807, 2.05) is 30.3 Å². The van der Waals surface area contributed by atoms with Crippen molar-refractivity contribution in [3.63, 3.8) is 0 Å². The predicted octanol–water partition coefficient (Wildman–Crippen LogP) is 2.39. The molecule has 4 N–H and O–H groups in total. The molecular formula is C20H18N2O6S2. The van der Waals surface area contributed by atoms with Gasteiger partial charge in [-0.2, -0.15) is 11.3 Å². The molecule has 0 aliphatic rings. The van der Waals surface area contributed by atoms with E-state index in [0.717, 1.165) is 5.56 Å². The van der Waals surface area contributed by atoms with Crippen LogP contribution in [0.15, 0.2) is 70.3 Å². The molecule has 3 aromatic rings. The molecule has 0 radical (unpaired) electrons. The molecule has 2 aromatic carbocycles. The van der Waals surface area contributed by atoms with E-state index in [4.69, 9.17) is 10.2 Å². The van der Waals surface area contributed by atoms with Gasteiger partial charge >= 0.3 is 5.97 Å². The van der Waals surface area contributed by atoms with Crippen LogP contribution >= 0.6 is 11.3 Å². The predicted molar refractivity (Wildman–Crippen MR) is 113 cm³/mol. The highest BCUT2D eigenvalue weighted by Crippen LogP contribution is 2.28. The number of benzene rings is 2. The zero-order valence-electron chi connectivity index (χ0n) is 15.5. The molecule has 30 heavy (non-hydrogen) atoms. The van der Waals surface area contributed by atoms with Gasteiger partial charge in [-0.25, -0.2) is 13.2 Å². The quantitative estimate of drug-likeness (QED) is 0.420. The molecule has 0 aliphatic heterocycles. The first-order valence-electron chi connectivity index (χ1n) is 8.71. The maximum absolute atomic E-state index is 12.7. The summed E-state index contributed by atoms with van der Waals surface area (Å²) in [5, 5.41) is 23.5. The first-order valence-corrected chi connectivity index (χ1v) is 11.1. The van der Waals surface area contributed by atoms with Crippen LogP contribution in [-0.4, -0.2) is 43.2 Å². The van der Waals surface area contributed by atoms with Gasteiger partial charge in [0.25, 0.3) is 15.9 Å². The number of hydrogen-bond donors (Lipinski definition) is 4. The van der Waals surface area contributed by atoms with Crippen LogP contribution in [0.1, 0.15) is 10.4 Å². The van der Waals surface area contributed by atoms with E-state index >= 15 is 0 Å². The average Bonchev–Trinajstić information content (AvgIpc) is 3.28. The number of carboxylic acid groups (broad SMARTS) is 1. The number of aliphatic hydroxyl groups is 1. The molecule has 0 saturated heterocycles. The Bertz CT molecular complexity index is 1150. The summed E-state index contributed by atoms with van der Waals surface area (Å²) in [6.07, 6.45) is 0. The van der Waals surface area contributed by atoms with Gasteiger partial charge in [0.05, 0.1) is 22.8 Å². The van der Waals surface area contributed by atoms with E-state index in [0.29, 0.717) is 5.56 Å². The summed E-state index contributed by atoms with van der Waals surface area (Å²) in [4.78, 5) is 23.8. The summed E-state index contributed by atoms with van der Waals surface area (Å²) in [6, 6.07) is 13.6. The highest BCUT2D eigenvalue weighted by Gasteiger charge is 2.24. The summed E-state index contributed by atoms with van der Waals surface area (Å²) in [5.41, 5.74) is 1.38. The molecule has 0 aliphatic carbocycles. The van der Waals surface area contributed by atoms with E-state index in [1.54, 1.807) is 11.4 Å². The number of carbonyl (C=O) groups excluding carboxylic acids is 1. The Hall–Kier alpha value is -3.21. The second-order valence-electron chi connectivity index (χ2n) is 6.24. The van der Waals surface area contributed by atoms with Crippen LogP contribution < -0.4 is 10.0 Å². The Kier molecular flexibility index (Phi) is 6.50. The number of carbonyl (C=O) groups is 2. The van der Waals surface area contributed by atoms with Crippen LogP contribution in [0.5, 0.6) is 0 Å². The van der Waals surface area contributed by atoms with Crippen molar-refractivity contribution in [2.75, 3.05) is 11.3 Å². The number of carboxylic acids is 1. The van der Waals surface area contributed by atoms with Crippen LogP contribution in [0.4, 0.5) is 5.69 Å². The molecule has 10 heteroatoms. The minimum Gasteiger partial charge on any atom is -0.480 e. The fourth-order valence-corrected chi connectivity index (χ4v) is 4.77. The monoisotopic (exact) mass is 446 g/mol. The smallest absolute Gasteiger partial charge is 0.328 e. The van der Waals surface area contributed by atoms with Crippen molar-refractivity contribution in [2.24, 2.45) is 0 Å². The van der Waals surface area contributed by atoms with E-state index in [1.165, 1.54) is 34.9 Å². The average molecular weight is 447 g/mol. The molecular weight excluding hydrogens is 428 g/mol. The Morgan fingerprint density at radius 3 is 2.37 bits per heavy atom. The van der Waals surface area contributed by atoms with Gasteiger partial charge in [0.15, 0.2) is 6.04 Å². The van der Waals surface area contributed by atoms with Crippen molar-refractivity contribution in [2.45, 2.75) is 10.9 Å². The molecule has 156 valence electrons. The molecule has 8 nitrogen and oxygen atoms in total. The van der Waals surface area contributed by atoms with Gasteiger partial charge in [0.1, 0.15) is 0 Å². The third kappa shape index (κ3) is 4.85. The van der Waals surface area contributed by atoms with Gasteiger partial charge in [0, 0.05) is 5.38 Å². The van der Waals surface area contributed by atoms with Crippen LogP contribution in [0.2, 0.25) is 0 Å². The van der Waals surface area contributed by atoms with E-state index < -0.39 is 34.5 Å². The summed E-state index contributed by atoms with van der Waals surface area (Å²) in [7, 11) is -3.96. The lowest BCUT2D eigenvalue weighted by molar-refractivity contribution is -0.140. The lowest BCUT2D eigenvalue weighted by Crippen LogP contribution is -2.43. The third-order valence-electron chi connectivity index (χ3n) is 4.21. The number of aliphatic hydroxyl groups excluding tert-OH is 1. The fraction of sp³-hybridized carbons (Fsp3) is 0.100. The number of aliphatic carboxylic acids is 1. The Labute approximate surface area is 176 Å². The van der Waals surface area contributed by atoms with Crippen molar-refractivity contribution in [3.05, 3.63) is 70.9 Å². The summed E-state index contributed by atoms with van der Waals surface area (Å²) < 4.78 is 27.8. The lowest BCUT2D eigenvalue weighted by atomic mass is 10.0. The van der Waals surface area contributed by atoms with Gasteiger partial charge in [-0.05, 0) is 34.7 Å². The number of thiophene rings is 1. The largest absolute Gasteiger partial charge is 0.480 e. The molecule has 1 unspecified atom stereocenters. The molecule has 0 spiro atoms. The molecule has 0 bridgehead atoms. The van der Waals surface area contributed by atoms with Crippen molar-refractivity contribution in [1.82, 2.24) is 5.32 Å². The van der Waals surface area contributed by atoms with E-state index in [2.05, 4.69) is 10.0 Å². The normalized spacial score (nSPS) is 12.2. The number of amides is 1. The van der Waals surface area contributed by atoms with Gasteiger partial charge in [-0.3, -0.25) is 9.52 Å². The molecule has 1 aromatic heterocycles. The second kappa shape index (κ2) is 9.08. The molecule has 1 atom stereocenters. The zero-order chi connectivity index (χ0) is 21.7. The maximum Gasteiger partial charge on any atom is 0.328 e. The first kappa shape index (κ1) is 21.5.